The van der Waals surface area contributed by atoms with Crippen molar-refractivity contribution in [2.75, 3.05) is 13.1 Å². The summed E-state index contributed by atoms with van der Waals surface area (Å²) in [6.07, 6.45) is 10.3. The average Bonchev–Trinajstić information content (AvgIpc) is 3.00. The van der Waals surface area contributed by atoms with E-state index in [9.17, 15) is 0 Å². The van der Waals surface area contributed by atoms with Crippen LogP contribution in [0.1, 0.15) is 31.0 Å². The number of aromatic nitrogens is 4. The van der Waals surface area contributed by atoms with Gasteiger partial charge in [-0.3, -0.25) is 4.68 Å². The Morgan fingerprint density at radius 2 is 2.11 bits per heavy atom. The van der Waals surface area contributed by atoms with Crippen molar-refractivity contribution >= 4 is 0 Å². The van der Waals surface area contributed by atoms with Gasteiger partial charge in [0.2, 0.25) is 0 Å². The number of hydrogen-bond donors (Lipinski definition) is 1. The van der Waals surface area contributed by atoms with Gasteiger partial charge in [-0.15, -0.1) is 0 Å². The van der Waals surface area contributed by atoms with E-state index in [4.69, 9.17) is 0 Å². The van der Waals surface area contributed by atoms with Crippen LogP contribution in [0.3, 0.4) is 0 Å². The molecular formula is C14H21N5. The van der Waals surface area contributed by atoms with Gasteiger partial charge in [0.25, 0.3) is 0 Å². The van der Waals surface area contributed by atoms with Gasteiger partial charge in [-0.25, -0.2) is 4.98 Å². The molecule has 5 heteroatoms. The van der Waals surface area contributed by atoms with E-state index in [0.29, 0.717) is 0 Å². The van der Waals surface area contributed by atoms with Gasteiger partial charge < -0.3 is 9.88 Å². The predicted octanol–water partition coefficient (Wildman–Crippen LogP) is 1.31. The summed E-state index contributed by atoms with van der Waals surface area (Å²) in [5.74, 6) is 0. The molecule has 1 fully saturated rings. The fraction of sp³-hybridized carbons (Fsp3) is 0.571. The van der Waals surface area contributed by atoms with E-state index >= 15 is 0 Å². The Kier molecular flexibility index (Phi) is 3.14. The maximum Gasteiger partial charge on any atom is 0.0951 e. The van der Waals surface area contributed by atoms with Gasteiger partial charge in [-0.2, -0.15) is 5.10 Å². The second-order valence-electron chi connectivity index (χ2n) is 5.74. The van der Waals surface area contributed by atoms with Crippen LogP contribution in [0, 0.1) is 0 Å². The Hall–Kier alpha value is -1.62. The quantitative estimate of drug-likeness (QED) is 0.904. The maximum absolute atomic E-state index is 4.36. The Labute approximate surface area is 113 Å². The van der Waals surface area contributed by atoms with Gasteiger partial charge in [-0.05, 0) is 25.9 Å². The smallest absolute Gasteiger partial charge is 0.0951 e. The molecule has 3 rings (SSSR count). The van der Waals surface area contributed by atoms with Crippen molar-refractivity contribution in [2.24, 2.45) is 7.05 Å². The molecule has 1 saturated heterocycles. The molecule has 1 aliphatic heterocycles. The molecule has 0 aromatic carbocycles. The molecule has 3 heterocycles. The summed E-state index contributed by atoms with van der Waals surface area (Å²) in [6.45, 7) is 5.39. The Balaban J connectivity index is 1.85. The molecule has 0 bridgehead atoms. The second kappa shape index (κ2) is 4.81. The van der Waals surface area contributed by atoms with Crippen LogP contribution >= 0.6 is 0 Å². The largest absolute Gasteiger partial charge is 0.330 e. The zero-order valence-electron chi connectivity index (χ0n) is 11.6. The molecule has 1 aliphatic rings. The third-order valence-corrected chi connectivity index (χ3v) is 4.15. The maximum atomic E-state index is 4.36. The van der Waals surface area contributed by atoms with Crippen molar-refractivity contribution < 1.29 is 0 Å². The van der Waals surface area contributed by atoms with E-state index < -0.39 is 0 Å². The minimum Gasteiger partial charge on any atom is -0.330 e. The summed E-state index contributed by atoms with van der Waals surface area (Å²) < 4.78 is 4.11. The second-order valence-corrected chi connectivity index (χ2v) is 5.74. The van der Waals surface area contributed by atoms with E-state index in [1.165, 1.54) is 24.1 Å². The monoisotopic (exact) mass is 259 g/mol. The molecule has 0 spiro atoms. The van der Waals surface area contributed by atoms with Crippen molar-refractivity contribution in [3.8, 4) is 0 Å². The molecule has 102 valence electrons. The van der Waals surface area contributed by atoms with Crippen LogP contribution in [-0.4, -0.2) is 32.4 Å². The lowest BCUT2D eigenvalue weighted by Crippen LogP contribution is -2.39. The predicted molar refractivity (Wildman–Crippen MR) is 74.0 cm³/mol. The van der Waals surface area contributed by atoms with Crippen molar-refractivity contribution in [2.45, 2.75) is 31.7 Å². The highest BCUT2D eigenvalue weighted by molar-refractivity contribution is 5.17. The Morgan fingerprint density at radius 1 is 1.32 bits per heavy atom. The van der Waals surface area contributed by atoms with Gasteiger partial charge in [0, 0.05) is 36.1 Å². The van der Waals surface area contributed by atoms with Crippen LogP contribution in [0.2, 0.25) is 0 Å². The molecule has 2 aromatic rings. The molecule has 0 aliphatic carbocycles. The lowest BCUT2D eigenvalue weighted by molar-refractivity contribution is 0.318. The molecule has 19 heavy (non-hydrogen) atoms. The summed E-state index contributed by atoms with van der Waals surface area (Å²) in [5.41, 5.74) is 2.81. The highest BCUT2D eigenvalue weighted by atomic mass is 15.2. The van der Waals surface area contributed by atoms with Gasteiger partial charge >= 0.3 is 0 Å². The number of hydrogen-bond acceptors (Lipinski definition) is 3. The molecule has 0 radical (unpaired) electrons. The first-order valence-corrected chi connectivity index (χ1v) is 6.86. The van der Waals surface area contributed by atoms with E-state index in [2.05, 4.69) is 33.1 Å². The lowest BCUT2D eigenvalue weighted by atomic mass is 9.78. The fourth-order valence-electron chi connectivity index (χ4n) is 2.93. The average molecular weight is 259 g/mol. The summed E-state index contributed by atoms with van der Waals surface area (Å²) in [7, 11) is 1.95. The van der Waals surface area contributed by atoms with Crippen molar-refractivity contribution in [1.82, 2.24) is 24.6 Å². The summed E-state index contributed by atoms with van der Waals surface area (Å²) in [6, 6.07) is 0. The minimum atomic E-state index is 0.240. The Bertz CT molecular complexity index is 548. The van der Waals surface area contributed by atoms with Crippen LogP contribution < -0.4 is 5.32 Å². The number of aryl methyl sites for hydroxylation is 1. The van der Waals surface area contributed by atoms with Gasteiger partial charge in [0.1, 0.15) is 0 Å². The fourth-order valence-corrected chi connectivity index (χ4v) is 2.93. The number of rotatable bonds is 3. The number of piperidine rings is 1. The summed E-state index contributed by atoms with van der Waals surface area (Å²) in [5, 5.41) is 7.66. The normalized spacial score (nSPS) is 18.6. The molecule has 0 saturated carbocycles. The van der Waals surface area contributed by atoms with Gasteiger partial charge in [0.15, 0.2) is 0 Å². The van der Waals surface area contributed by atoms with Crippen LogP contribution in [0.4, 0.5) is 0 Å². The van der Waals surface area contributed by atoms with E-state index in [0.717, 1.165) is 19.6 Å². The highest BCUT2D eigenvalue weighted by Crippen LogP contribution is 2.32. The third kappa shape index (κ3) is 2.42. The number of nitrogens with zero attached hydrogens (tertiary/aromatic N) is 4. The van der Waals surface area contributed by atoms with Crippen LogP contribution in [0.5, 0.6) is 0 Å². The first kappa shape index (κ1) is 12.4. The zero-order chi connectivity index (χ0) is 13.3. The van der Waals surface area contributed by atoms with Crippen molar-refractivity contribution in [3.63, 3.8) is 0 Å². The number of imidazole rings is 1. The molecule has 0 amide bonds. The van der Waals surface area contributed by atoms with Crippen LogP contribution in [0.15, 0.2) is 24.9 Å². The van der Waals surface area contributed by atoms with E-state index in [1.54, 1.807) is 0 Å². The topological polar surface area (TPSA) is 47.7 Å². The molecule has 5 nitrogen and oxygen atoms in total. The lowest BCUT2D eigenvalue weighted by Gasteiger charge is -2.34. The van der Waals surface area contributed by atoms with Gasteiger partial charge in [0.05, 0.1) is 19.1 Å². The summed E-state index contributed by atoms with van der Waals surface area (Å²) in [4.78, 5) is 4.36. The summed E-state index contributed by atoms with van der Waals surface area (Å²) >= 11 is 0. The van der Waals surface area contributed by atoms with Crippen molar-refractivity contribution in [1.29, 1.82) is 0 Å². The first-order valence-electron chi connectivity index (χ1n) is 6.86. The third-order valence-electron chi connectivity index (χ3n) is 4.15. The van der Waals surface area contributed by atoms with E-state index in [-0.39, 0.29) is 5.41 Å². The molecule has 2 aromatic heterocycles. The SMILES string of the molecule is Cn1cc(Cn2cncc2C2(C)CCNCC2)cn1. The zero-order valence-corrected chi connectivity index (χ0v) is 11.6. The Morgan fingerprint density at radius 3 is 2.79 bits per heavy atom. The minimum absolute atomic E-state index is 0.240. The molecule has 0 atom stereocenters. The number of nitrogens with one attached hydrogen (secondary N) is 1. The standard InChI is InChI=1S/C14H21N5/c1-14(3-5-15-6-4-14)13-8-16-11-19(13)10-12-7-17-18(2)9-12/h7-9,11,15H,3-6,10H2,1-2H3. The highest BCUT2D eigenvalue weighted by Gasteiger charge is 2.31. The van der Waals surface area contributed by atoms with Gasteiger partial charge in [-0.1, -0.05) is 6.92 Å². The first-order chi connectivity index (χ1) is 9.17. The van der Waals surface area contributed by atoms with Crippen LogP contribution in [-0.2, 0) is 19.0 Å². The van der Waals surface area contributed by atoms with Crippen molar-refractivity contribution in [3.05, 3.63) is 36.2 Å². The van der Waals surface area contributed by atoms with Crippen LogP contribution in [0.25, 0.3) is 0 Å². The molecule has 0 unspecified atom stereocenters. The molecular weight excluding hydrogens is 238 g/mol. The molecule has 1 N–H and O–H groups in total. The van der Waals surface area contributed by atoms with E-state index in [1.807, 2.05) is 30.5 Å².